The van der Waals surface area contributed by atoms with Gasteiger partial charge in [0, 0.05) is 39.4 Å². The van der Waals surface area contributed by atoms with E-state index in [1.54, 1.807) is 0 Å². The van der Waals surface area contributed by atoms with Gasteiger partial charge >= 0.3 is 0 Å². The number of benzene rings is 9. The number of hydrogen-bond acceptors (Lipinski definition) is 5. The average Bonchev–Trinajstić information content (AvgIpc) is 3.98. The monoisotopic (exact) mass is 924 g/mol. The van der Waals surface area contributed by atoms with E-state index >= 15 is 0 Å². The SMILES string of the molecule is Cc1ccc(N(c2ccc(-c3ccccc3)cc2)c2ccc3c(c2)C(c2ccccc2)(c2ccccc2)c2cc(N(c4ccc(-c5ccccc5)cc4)c4ccc(C)nc4)c4c(oc5ccccc54)c2-3)cn1. The summed E-state index contributed by atoms with van der Waals surface area (Å²) in [7, 11) is 0. The summed E-state index contributed by atoms with van der Waals surface area (Å²) in [6, 6.07) is 87.3. The molecule has 0 saturated heterocycles. The van der Waals surface area contributed by atoms with Crippen LogP contribution >= 0.6 is 0 Å². The van der Waals surface area contributed by atoms with E-state index in [1.165, 1.54) is 11.1 Å². The molecule has 72 heavy (non-hydrogen) atoms. The summed E-state index contributed by atoms with van der Waals surface area (Å²) in [6.45, 7) is 4.07. The molecular formula is C67H48N4O. The fourth-order valence-electron chi connectivity index (χ4n) is 11.1. The largest absolute Gasteiger partial charge is 0.455 e. The zero-order valence-corrected chi connectivity index (χ0v) is 39.9. The quantitative estimate of drug-likeness (QED) is 0.137. The highest BCUT2D eigenvalue weighted by Gasteiger charge is 2.49. The van der Waals surface area contributed by atoms with Crippen molar-refractivity contribution in [2.75, 3.05) is 9.80 Å². The zero-order chi connectivity index (χ0) is 48.2. The Labute approximate surface area is 419 Å². The smallest absolute Gasteiger partial charge is 0.145 e. The van der Waals surface area contributed by atoms with Crippen molar-refractivity contribution >= 4 is 56.1 Å². The van der Waals surface area contributed by atoms with Gasteiger partial charge in [-0.25, -0.2) is 0 Å². The summed E-state index contributed by atoms with van der Waals surface area (Å²) in [5.74, 6) is 0. The molecule has 5 nitrogen and oxygen atoms in total. The van der Waals surface area contributed by atoms with E-state index in [1.807, 2.05) is 26.2 Å². The standard InChI is InChI=1S/C67H48N4O/c1-45-27-33-56(43-68-45)70(53-35-29-49(30-36-53)47-17-7-3-8-18-47)55-39-40-58-60(41-55)67(51-21-11-5-12-22-51,52-23-13-6-14-24-52)61-42-62(65-59-25-15-16-26-63(59)72-66(65)64(58)61)71(57-34-28-46(2)69-44-57)54-37-31-50(32-38-54)48-19-9-4-10-20-48/h3-44H,1-2H3. The Balaban J connectivity index is 1.11. The lowest BCUT2D eigenvalue weighted by atomic mass is 9.67. The second-order valence-electron chi connectivity index (χ2n) is 18.6. The lowest BCUT2D eigenvalue weighted by Crippen LogP contribution is -2.29. The van der Waals surface area contributed by atoms with E-state index in [2.05, 4.69) is 252 Å². The van der Waals surface area contributed by atoms with Crippen molar-refractivity contribution in [1.29, 1.82) is 0 Å². The minimum Gasteiger partial charge on any atom is -0.455 e. The molecule has 0 spiro atoms. The van der Waals surface area contributed by atoms with Crippen LogP contribution in [0.25, 0.3) is 55.3 Å². The van der Waals surface area contributed by atoms with Crippen LogP contribution in [0, 0.1) is 13.8 Å². The first-order valence-electron chi connectivity index (χ1n) is 24.5. The summed E-state index contributed by atoms with van der Waals surface area (Å²) < 4.78 is 7.29. The summed E-state index contributed by atoms with van der Waals surface area (Å²) in [5.41, 5.74) is 20.2. The van der Waals surface area contributed by atoms with Gasteiger partial charge in [0.05, 0.1) is 40.3 Å². The maximum Gasteiger partial charge on any atom is 0.145 e. The Hall–Kier alpha value is -9.32. The van der Waals surface area contributed by atoms with Gasteiger partial charge in [-0.15, -0.1) is 0 Å². The molecule has 13 rings (SSSR count). The van der Waals surface area contributed by atoms with Crippen LogP contribution < -0.4 is 9.80 Å². The fraction of sp³-hybridized carbons (Fsp3) is 0.0448. The molecular weight excluding hydrogens is 877 g/mol. The highest BCUT2D eigenvalue weighted by atomic mass is 16.3. The lowest BCUT2D eigenvalue weighted by molar-refractivity contribution is 0.669. The first-order valence-corrected chi connectivity index (χ1v) is 24.5. The highest BCUT2D eigenvalue weighted by Crippen LogP contribution is 2.61. The summed E-state index contributed by atoms with van der Waals surface area (Å²) in [5, 5.41) is 2.08. The predicted molar refractivity (Wildman–Crippen MR) is 296 cm³/mol. The number of hydrogen-bond donors (Lipinski definition) is 0. The summed E-state index contributed by atoms with van der Waals surface area (Å²) in [6.07, 6.45) is 3.97. The van der Waals surface area contributed by atoms with Crippen LogP contribution in [0.3, 0.4) is 0 Å². The van der Waals surface area contributed by atoms with E-state index in [-0.39, 0.29) is 0 Å². The van der Waals surface area contributed by atoms with Crippen LogP contribution in [0.5, 0.6) is 0 Å². The van der Waals surface area contributed by atoms with Crippen LogP contribution in [-0.4, -0.2) is 9.97 Å². The van der Waals surface area contributed by atoms with Crippen molar-refractivity contribution in [2.45, 2.75) is 19.3 Å². The summed E-state index contributed by atoms with van der Waals surface area (Å²) in [4.78, 5) is 14.4. The van der Waals surface area contributed by atoms with Crippen LogP contribution in [0.2, 0.25) is 0 Å². The highest BCUT2D eigenvalue weighted by molar-refractivity contribution is 6.19. The molecule has 0 N–H and O–H groups in total. The average molecular weight is 925 g/mol. The van der Waals surface area contributed by atoms with Gasteiger partial charge in [-0.2, -0.15) is 0 Å². The molecule has 3 aromatic heterocycles. The first-order chi connectivity index (χ1) is 35.5. The zero-order valence-electron chi connectivity index (χ0n) is 39.9. The third kappa shape index (κ3) is 7.08. The van der Waals surface area contributed by atoms with Crippen molar-refractivity contribution < 1.29 is 4.42 Å². The third-order valence-electron chi connectivity index (χ3n) is 14.4. The minimum atomic E-state index is -0.798. The number of aryl methyl sites for hydroxylation is 2. The number of furan rings is 1. The Kier molecular flexibility index (Phi) is 10.4. The Morgan fingerprint density at radius 2 is 0.847 bits per heavy atom. The maximum atomic E-state index is 7.29. The van der Waals surface area contributed by atoms with Crippen molar-refractivity contribution in [3.63, 3.8) is 0 Å². The lowest BCUT2D eigenvalue weighted by Gasteiger charge is -2.35. The molecule has 5 heteroatoms. The van der Waals surface area contributed by atoms with Gasteiger partial charge in [0.2, 0.25) is 0 Å². The van der Waals surface area contributed by atoms with E-state index in [9.17, 15) is 0 Å². The van der Waals surface area contributed by atoms with E-state index in [0.29, 0.717) is 0 Å². The fourth-order valence-corrected chi connectivity index (χ4v) is 11.1. The molecule has 0 radical (unpaired) electrons. The van der Waals surface area contributed by atoms with Crippen molar-refractivity contribution in [1.82, 2.24) is 9.97 Å². The molecule has 0 fully saturated rings. The Morgan fingerprint density at radius 3 is 1.39 bits per heavy atom. The number of rotatable bonds is 10. The Morgan fingerprint density at radius 1 is 0.389 bits per heavy atom. The van der Waals surface area contributed by atoms with Gasteiger partial charge in [0.1, 0.15) is 11.2 Å². The topological polar surface area (TPSA) is 45.4 Å². The molecule has 1 aliphatic carbocycles. The van der Waals surface area contributed by atoms with E-state index in [0.717, 1.165) is 112 Å². The third-order valence-corrected chi connectivity index (χ3v) is 14.4. The Bertz CT molecular complexity index is 3850. The predicted octanol–water partition coefficient (Wildman–Crippen LogP) is 17.6. The van der Waals surface area contributed by atoms with Crippen LogP contribution in [-0.2, 0) is 5.41 Å². The molecule has 342 valence electrons. The molecule has 0 bridgehead atoms. The van der Waals surface area contributed by atoms with E-state index in [4.69, 9.17) is 14.4 Å². The molecule has 0 atom stereocenters. The molecule has 0 amide bonds. The number of anilines is 6. The number of aromatic nitrogens is 2. The summed E-state index contributed by atoms with van der Waals surface area (Å²) >= 11 is 0. The van der Waals surface area contributed by atoms with Crippen molar-refractivity contribution in [2.24, 2.45) is 0 Å². The molecule has 3 heterocycles. The second-order valence-corrected chi connectivity index (χ2v) is 18.6. The second kappa shape index (κ2) is 17.6. The molecule has 0 aliphatic heterocycles. The van der Waals surface area contributed by atoms with E-state index < -0.39 is 5.41 Å². The van der Waals surface area contributed by atoms with Gasteiger partial charge in [0.15, 0.2) is 0 Å². The molecule has 0 unspecified atom stereocenters. The van der Waals surface area contributed by atoms with Crippen LogP contribution in [0.4, 0.5) is 34.1 Å². The van der Waals surface area contributed by atoms with Gasteiger partial charge in [0.25, 0.3) is 0 Å². The molecule has 0 saturated carbocycles. The van der Waals surface area contributed by atoms with Gasteiger partial charge in [-0.3, -0.25) is 9.97 Å². The van der Waals surface area contributed by atoms with Crippen molar-refractivity contribution in [3.8, 4) is 33.4 Å². The number of pyridine rings is 2. The maximum absolute atomic E-state index is 7.29. The van der Waals surface area contributed by atoms with Crippen molar-refractivity contribution in [3.05, 3.63) is 289 Å². The molecule has 1 aliphatic rings. The van der Waals surface area contributed by atoms with Crippen LogP contribution in [0.15, 0.2) is 259 Å². The molecule has 9 aromatic carbocycles. The normalized spacial score (nSPS) is 12.4. The number of fused-ring (bicyclic) bond motifs is 7. The first kappa shape index (κ1) is 42.8. The number of para-hydroxylation sites is 1. The van der Waals surface area contributed by atoms with Crippen LogP contribution in [0.1, 0.15) is 33.6 Å². The minimum absolute atomic E-state index is 0.798. The van der Waals surface area contributed by atoms with Gasteiger partial charge in [-0.1, -0.05) is 170 Å². The number of nitrogens with zero attached hydrogens (tertiary/aromatic N) is 4. The van der Waals surface area contributed by atoms with Gasteiger partial charge in [-0.05, 0) is 137 Å². The molecule has 12 aromatic rings. The van der Waals surface area contributed by atoms with Gasteiger partial charge < -0.3 is 14.2 Å².